The lowest BCUT2D eigenvalue weighted by Crippen LogP contribution is -2.60. The van der Waals surface area contributed by atoms with Crippen molar-refractivity contribution in [1.29, 1.82) is 0 Å². The summed E-state index contributed by atoms with van der Waals surface area (Å²) in [5.74, 6) is -5.29. The van der Waals surface area contributed by atoms with E-state index in [1.54, 1.807) is 48.8 Å². The summed E-state index contributed by atoms with van der Waals surface area (Å²) in [4.78, 5) is 118. The van der Waals surface area contributed by atoms with E-state index < -0.39 is 89.6 Å². The number of hydrogen-bond donors (Lipinski definition) is 13. The number of hydrogen-bond acceptors (Lipinski definition) is 12. The summed E-state index contributed by atoms with van der Waals surface area (Å²) in [5.41, 5.74) is 21.3. The van der Waals surface area contributed by atoms with Gasteiger partial charge in [-0.05, 0) is 97.7 Å². The third-order valence-electron chi connectivity index (χ3n) is 13.2. The van der Waals surface area contributed by atoms with Crippen LogP contribution in [0.2, 0.25) is 0 Å². The molecule has 2 aromatic heterocycles. The number of amides is 8. The number of aromatic nitrogens is 2. The lowest BCUT2D eigenvalue weighted by molar-refractivity contribution is -0.135. The number of para-hydroxylation sites is 2. The Kier molecular flexibility index (Phi) is 22.2. The molecule has 0 aliphatic heterocycles. The second-order valence-corrected chi connectivity index (χ2v) is 20.0. The standard InChI is InChI=1S/C56H70N12O9S/c1-33(62-52(73)44(23-25-78-2)63-49(70)30-58)51(72)66-46(27-35-19-21-38(69)22-20-35)54(75)68-47(28-36-31-60-41-16-8-6-14-39(36)41)55(76)64-43(18-10-11-24-57)53(74)67-48(29-37-32-61-42-17-9-7-15-40(37)42)56(77)65-45(50(59)71)26-34-12-4-3-5-13-34/h3-9,12-17,19-22,31-33,43-48,60-61,69H,10-11,18,23-30,57-58H2,1-2H3,(H2,59,71)(H,62,73)(H,63,70)(H,64,76)(H,65,77)(H,66,72)(H,67,74)(H,68,75)/t33-,43-,44-,45+,46-,47+,48-/m0/s1. The third kappa shape index (κ3) is 17.1. The number of nitrogens with one attached hydrogen (secondary N) is 9. The van der Waals surface area contributed by atoms with Crippen LogP contribution in [0.5, 0.6) is 5.75 Å². The van der Waals surface area contributed by atoms with E-state index in [0.29, 0.717) is 35.3 Å². The smallest absolute Gasteiger partial charge is 0.243 e. The van der Waals surface area contributed by atoms with Crippen molar-refractivity contribution in [3.05, 3.63) is 138 Å². The van der Waals surface area contributed by atoms with Gasteiger partial charge in [0.15, 0.2) is 0 Å². The molecule has 0 radical (unpaired) electrons. The summed E-state index contributed by atoms with van der Waals surface area (Å²) in [7, 11) is 0. The van der Waals surface area contributed by atoms with Gasteiger partial charge in [-0.3, -0.25) is 38.4 Å². The van der Waals surface area contributed by atoms with Crippen LogP contribution in [0.15, 0.2) is 116 Å². The van der Waals surface area contributed by atoms with E-state index in [-0.39, 0.29) is 57.4 Å². The predicted molar refractivity (Wildman–Crippen MR) is 299 cm³/mol. The van der Waals surface area contributed by atoms with Crippen LogP contribution in [-0.4, -0.2) is 130 Å². The molecule has 8 amide bonds. The Bertz CT molecular complexity index is 3000. The van der Waals surface area contributed by atoms with Crippen molar-refractivity contribution in [3.63, 3.8) is 0 Å². The Labute approximate surface area is 456 Å². The molecule has 0 aliphatic rings. The number of benzene rings is 4. The highest BCUT2D eigenvalue weighted by atomic mass is 32.2. The number of phenolic OH excluding ortho intramolecular Hbond substituents is 1. The zero-order valence-corrected chi connectivity index (χ0v) is 44.5. The topological polar surface area (TPSA) is 351 Å². The minimum absolute atomic E-state index is 0.0268. The summed E-state index contributed by atoms with van der Waals surface area (Å²) in [6, 6.07) is 21.1. The summed E-state index contributed by atoms with van der Waals surface area (Å²) >= 11 is 1.46. The normalized spacial score (nSPS) is 13.9. The van der Waals surface area contributed by atoms with Crippen LogP contribution < -0.4 is 54.4 Å². The molecule has 6 aromatic rings. The number of rotatable bonds is 30. The van der Waals surface area contributed by atoms with Crippen molar-refractivity contribution in [2.45, 2.75) is 101 Å². The fourth-order valence-electron chi connectivity index (χ4n) is 8.89. The van der Waals surface area contributed by atoms with Crippen molar-refractivity contribution in [1.82, 2.24) is 47.2 Å². The highest BCUT2D eigenvalue weighted by Crippen LogP contribution is 2.22. The van der Waals surface area contributed by atoms with Crippen molar-refractivity contribution in [2.75, 3.05) is 25.1 Å². The predicted octanol–water partition coefficient (Wildman–Crippen LogP) is 1.37. The van der Waals surface area contributed by atoms with Crippen LogP contribution in [0, 0.1) is 0 Å². The molecule has 21 nitrogen and oxygen atoms in total. The maximum atomic E-state index is 14.9. The average Bonchev–Trinajstić information content (AvgIpc) is 4.06. The Balaban J connectivity index is 1.29. The Morgan fingerprint density at radius 3 is 1.50 bits per heavy atom. The van der Waals surface area contributed by atoms with Gasteiger partial charge in [-0.25, -0.2) is 0 Å². The molecule has 0 unspecified atom stereocenters. The first kappa shape index (κ1) is 59.0. The van der Waals surface area contributed by atoms with Gasteiger partial charge in [0.25, 0.3) is 0 Å². The number of primary amides is 1. The van der Waals surface area contributed by atoms with E-state index in [0.717, 1.165) is 27.4 Å². The maximum absolute atomic E-state index is 14.9. The summed E-state index contributed by atoms with van der Waals surface area (Å²) in [5, 5.41) is 30.8. The first-order valence-electron chi connectivity index (χ1n) is 25.8. The number of thioether (sulfide) groups is 1. The highest BCUT2D eigenvalue weighted by Gasteiger charge is 2.34. The van der Waals surface area contributed by atoms with Gasteiger partial charge in [-0.1, -0.05) is 78.9 Å². The van der Waals surface area contributed by atoms with Crippen LogP contribution in [0.3, 0.4) is 0 Å². The molecular formula is C56H70N12O9S. The Hall–Kier alpha value is -8.21. The molecule has 2 heterocycles. The van der Waals surface area contributed by atoms with Gasteiger partial charge >= 0.3 is 0 Å². The second kappa shape index (κ2) is 29.3. The number of carbonyl (C=O) groups is 8. The lowest BCUT2D eigenvalue weighted by Gasteiger charge is -2.28. The number of nitrogens with two attached hydrogens (primary N) is 3. The molecule has 0 saturated heterocycles. The fraction of sp³-hybridized carbons (Fsp3) is 0.357. The van der Waals surface area contributed by atoms with E-state index in [9.17, 15) is 43.5 Å². The number of unbranched alkanes of at least 4 members (excludes halogenated alkanes) is 1. The molecule has 78 heavy (non-hydrogen) atoms. The molecule has 7 atom stereocenters. The Morgan fingerprint density at radius 1 is 0.513 bits per heavy atom. The zero-order valence-electron chi connectivity index (χ0n) is 43.6. The zero-order chi connectivity index (χ0) is 56.1. The molecule has 0 fully saturated rings. The number of aromatic amines is 2. The van der Waals surface area contributed by atoms with Gasteiger partial charge in [0.2, 0.25) is 47.3 Å². The summed E-state index contributed by atoms with van der Waals surface area (Å²) in [6.07, 6.45) is 6.28. The van der Waals surface area contributed by atoms with Crippen molar-refractivity contribution < 1.29 is 43.5 Å². The van der Waals surface area contributed by atoms with Crippen LogP contribution in [0.1, 0.15) is 54.9 Å². The minimum Gasteiger partial charge on any atom is -0.508 e. The lowest BCUT2D eigenvalue weighted by atomic mass is 10.00. The number of H-pyrrole nitrogens is 2. The molecule has 16 N–H and O–H groups in total. The van der Waals surface area contributed by atoms with Gasteiger partial charge in [0.1, 0.15) is 48.0 Å². The van der Waals surface area contributed by atoms with Gasteiger partial charge < -0.3 is 69.5 Å². The van der Waals surface area contributed by atoms with E-state index in [1.807, 2.05) is 60.9 Å². The molecule has 0 bridgehead atoms. The van der Waals surface area contributed by atoms with E-state index in [4.69, 9.17) is 17.2 Å². The van der Waals surface area contributed by atoms with Gasteiger partial charge in [0.05, 0.1) is 6.54 Å². The van der Waals surface area contributed by atoms with Gasteiger partial charge in [-0.2, -0.15) is 11.8 Å². The van der Waals surface area contributed by atoms with E-state index >= 15 is 0 Å². The van der Waals surface area contributed by atoms with Crippen molar-refractivity contribution in [2.24, 2.45) is 17.2 Å². The average molecular weight is 1090 g/mol. The summed E-state index contributed by atoms with van der Waals surface area (Å²) in [6.45, 7) is 1.34. The first-order chi connectivity index (χ1) is 37.6. The highest BCUT2D eigenvalue weighted by molar-refractivity contribution is 7.98. The molecule has 22 heteroatoms. The van der Waals surface area contributed by atoms with Crippen LogP contribution in [-0.2, 0) is 64.0 Å². The van der Waals surface area contributed by atoms with Crippen molar-refractivity contribution in [3.8, 4) is 5.75 Å². The molecule has 414 valence electrons. The SMILES string of the molecule is CSCC[C@H](NC(=O)CN)C(=O)N[C@@H](C)C(=O)N[C@@H](Cc1ccc(O)cc1)C(=O)N[C@H](Cc1c[nH]c2ccccc12)C(=O)N[C@@H](CCCCN)C(=O)N[C@@H](Cc1c[nH]c2ccccc12)C(=O)N[C@H](Cc1ccccc1)C(N)=O. The number of carbonyl (C=O) groups excluding carboxylic acids is 8. The second-order valence-electron chi connectivity index (χ2n) is 19.0. The fourth-order valence-corrected chi connectivity index (χ4v) is 9.37. The van der Waals surface area contributed by atoms with Gasteiger partial charge in [0, 0.05) is 59.9 Å². The van der Waals surface area contributed by atoms with E-state index in [1.165, 1.54) is 30.8 Å². The van der Waals surface area contributed by atoms with Crippen molar-refractivity contribution >= 4 is 80.8 Å². The maximum Gasteiger partial charge on any atom is 0.243 e. The number of fused-ring (bicyclic) bond motifs is 2. The van der Waals surface area contributed by atoms with E-state index in [2.05, 4.69) is 47.2 Å². The molecule has 6 rings (SSSR count). The minimum atomic E-state index is -1.39. The monoisotopic (exact) mass is 1090 g/mol. The largest absolute Gasteiger partial charge is 0.508 e. The van der Waals surface area contributed by atoms with Crippen LogP contribution in [0.25, 0.3) is 21.8 Å². The number of phenols is 1. The third-order valence-corrected chi connectivity index (χ3v) is 13.8. The first-order valence-corrected chi connectivity index (χ1v) is 27.2. The molecular weight excluding hydrogens is 1020 g/mol. The summed E-state index contributed by atoms with van der Waals surface area (Å²) < 4.78 is 0. The molecule has 0 saturated carbocycles. The van der Waals surface area contributed by atoms with Gasteiger partial charge in [-0.15, -0.1) is 0 Å². The van der Waals surface area contributed by atoms with Crippen LogP contribution in [0.4, 0.5) is 0 Å². The number of aromatic hydroxyl groups is 1. The quantitative estimate of drug-likeness (QED) is 0.0285. The molecule has 0 spiro atoms. The Morgan fingerprint density at radius 2 is 0.962 bits per heavy atom. The van der Waals surface area contributed by atoms with Crippen LogP contribution >= 0.6 is 11.8 Å². The molecule has 4 aromatic carbocycles. The molecule has 0 aliphatic carbocycles.